The molecule has 0 aliphatic carbocycles. The second kappa shape index (κ2) is 4.78. The van der Waals surface area contributed by atoms with E-state index in [2.05, 4.69) is 16.5 Å². The lowest BCUT2D eigenvalue weighted by molar-refractivity contribution is 1.13. The number of pyridine rings is 2. The average Bonchev–Trinajstić information content (AvgIpc) is 2.28. The van der Waals surface area contributed by atoms with Crippen LogP contribution in [0.1, 0.15) is 12.5 Å². The summed E-state index contributed by atoms with van der Waals surface area (Å²) in [4.78, 5) is 8.58. The number of nitrogen functional groups attached to an aromatic ring is 1. The van der Waals surface area contributed by atoms with Crippen LogP contribution in [0.25, 0.3) is 11.4 Å². The van der Waals surface area contributed by atoms with E-state index in [4.69, 9.17) is 5.73 Å². The van der Waals surface area contributed by atoms with Gasteiger partial charge in [0.05, 0.1) is 11.4 Å². The van der Waals surface area contributed by atoms with E-state index in [1.165, 1.54) is 5.56 Å². The highest BCUT2D eigenvalue weighted by Gasteiger charge is 2.02. The molecule has 2 rings (SSSR count). The number of anilines is 1. The van der Waals surface area contributed by atoms with Gasteiger partial charge in [-0.15, -0.1) is 0 Å². The Hall–Kier alpha value is -2.16. The van der Waals surface area contributed by atoms with E-state index in [-0.39, 0.29) is 0 Å². The minimum atomic E-state index is 0.696. The van der Waals surface area contributed by atoms with Crippen LogP contribution in [0.3, 0.4) is 0 Å². The van der Waals surface area contributed by atoms with Crippen LogP contribution in [0.4, 0.5) is 5.69 Å². The molecule has 0 aliphatic rings. The summed E-state index contributed by atoms with van der Waals surface area (Å²) >= 11 is 0. The normalized spacial score (nSPS) is 10.2. The quantitative estimate of drug-likeness (QED) is 0.817. The zero-order chi connectivity index (χ0) is 12.3. The second-order valence-electron chi connectivity index (χ2n) is 4.16. The van der Waals surface area contributed by atoms with E-state index in [1.807, 2.05) is 25.1 Å². The summed E-state index contributed by atoms with van der Waals surface area (Å²) in [7, 11) is 0. The molecule has 3 nitrogen and oxygen atoms in total. The first kappa shape index (κ1) is 11.3. The molecule has 0 atom stereocenters. The highest BCUT2D eigenvalue weighted by molar-refractivity contribution is 5.59. The van der Waals surface area contributed by atoms with Crippen molar-refractivity contribution in [2.75, 3.05) is 5.73 Å². The number of allylic oxidation sites excluding steroid dienone is 1. The number of nitrogens with zero attached hydrogens (tertiary/aromatic N) is 2. The molecule has 0 spiro atoms. The number of hydrogen-bond acceptors (Lipinski definition) is 3. The van der Waals surface area contributed by atoms with Crippen molar-refractivity contribution in [1.82, 2.24) is 9.97 Å². The van der Waals surface area contributed by atoms with Crippen LogP contribution in [0, 0.1) is 0 Å². The zero-order valence-electron chi connectivity index (χ0n) is 9.85. The first-order chi connectivity index (χ1) is 8.15. The number of hydrogen-bond donors (Lipinski definition) is 1. The van der Waals surface area contributed by atoms with Gasteiger partial charge in [0.2, 0.25) is 0 Å². The van der Waals surface area contributed by atoms with E-state index >= 15 is 0 Å². The molecule has 0 amide bonds. The van der Waals surface area contributed by atoms with Gasteiger partial charge >= 0.3 is 0 Å². The maximum Gasteiger partial charge on any atom is 0.0906 e. The topological polar surface area (TPSA) is 51.8 Å². The van der Waals surface area contributed by atoms with Gasteiger partial charge < -0.3 is 5.73 Å². The van der Waals surface area contributed by atoms with Crippen molar-refractivity contribution < 1.29 is 0 Å². The van der Waals surface area contributed by atoms with Crippen molar-refractivity contribution in [1.29, 1.82) is 0 Å². The molecule has 2 aromatic rings. The third kappa shape index (κ3) is 2.91. The van der Waals surface area contributed by atoms with E-state index in [0.717, 1.165) is 23.4 Å². The standard InChI is InChI=1S/C14H15N3/c1-10(2)7-11-3-5-16-13(8-11)14-9-12(15)4-6-17-14/h3-6,8-9H,1,7H2,2H3,(H2,15,17). The molecule has 3 heteroatoms. The van der Waals surface area contributed by atoms with Crippen molar-refractivity contribution >= 4 is 5.69 Å². The van der Waals surface area contributed by atoms with Gasteiger partial charge in [-0.05, 0) is 43.2 Å². The molecule has 0 fully saturated rings. The predicted molar refractivity (Wildman–Crippen MR) is 70.4 cm³/mol. The van der Waals surface area contributed by atoms with E-state index < -0.39 is 0 Å². The molecule has 2 N–H and O–H groups in total. The van der Waals surface area contributed by atoms with Crippen molar-refractivity contribution in [2.45, 2.75) is 13.3 Å². The molecular formula is C14H15N3. The molecule has 0 aliphatic heterocycles. The molecule has 86 valence electrons. The molecule has 17 heavy (non-hydrogen) atoms. The van der Waals surface area contributed by atoms with Crippen LogP contribution in [-0.2, 0) is 6.42 Å². The number of nitrogens with two attached hydrogens (primary N) is 1. The van der Waals surface area contributed by atoms with Crippen LogP contribution >= 0.6 is 0 Å². The van der Waals surface area contributed by atoms with Crippen molar-refractivity contribution in [3.63, 3.8) is 0 Å². The van der Waals surface area contributed by atoms with Crippen molar-refractivity contribution in [3.05, 3.63) is 54.4 Å². The Kier molecular flexibility index (Phi) is 3.19. The van der Waals surface area contributed by atoms with Crippen LogP contribution in [0.15, 0.2) is 48.8 Å². The average molecular weight is 225 g/mol. The highest BCUT2D eigenvalue weighted by Crippen LogP contribution is 2.18. The highest BCUT2D eigenvalue weighted by atomic mass is 14.8. The van der Waals surface area contributed by atoms with Crippen LogP contribution < -0.4 is 5.73 Å². The fourth-order valence-electron chi connectivity index (χ4n) is 1.66. The Bertz CT molecular complexity index is 547. The van der Waals surface area contributed by atoms with Gasteiger partial charge in [0.1, 0.15) is 0 Å². The minimum Gasteiger partial charge on any atom is -0.399 e. The zero-order valence-corrected chi connectivity index (χ0v) is 9.85. The SMILES string of the molecule is C=C(C)Cc1ccnc(-c2cc(N)ccn2)c1. The summed E-state index contributed by atoms with van der Waals surface area (Å²) < 4.78 is 0. The largest absolute Gasteiger partial charge is 0.399 e. The maximum atomic E-state index is 5.73. The van der Waals surface area contributed by atoms with Gasteiger partial charge in [-0.1, -0.05) is 12.2 Å². The third-order valence-corrected chi connectivity index (χ3v) is 2.38. The lowest BCUT2D eigenvalue weighted by Crippen LogP contribution is -1.93. The molecule has 0 aromatic carbocycles. The number of aromatic nitrogens is 2. The van der Waals surface area contributed by atoms with Crippen molar-refractivity contribution in [2.24, 2.45) is 0 Å². The predicted octanol–water partition coefficient (Wildman–Crippen LogP) is 2.84. The van der Waals surface area contributed by atoms with Gasteiger partial charge in [-0.2, -0.15) is 0 Å². The molecule has 0 unspecified atom stereocenters. The summed E-state index contributed by atoms with van der Waals surface area (Å²) in [5, 5.41) is 0. The molecule has 0 saturated carbocycles. The van der Waals surface area contributed by atoms with Crippen molar-refractivity contribution in [3.8, 4) is 11.4 Å². The fraction of sp³-hybridized carbons (Fsp3) is 0.143. The molecule has 0 saturated heterocycles. The van der Waals surface area contributed by atoms with Gasteiger partial charge in [-0.25, -0.2) is 0 Å². The smallest absolute Gasteiger partial charge is 0.0906 e. The first-order valence-electron chi connectivity index (χ1n) is 5.46. The Morgan fingerprint density at radius 1 is 1.18 bits per heavy atom. The Morgan fingerprint density at radius 2 is 1.82 bits per heavy atom. The van der Waals surface area contributed by atoms with Gasteiger partial charge in [0.25, 0.3) is 0 Å². The Balaban J connectivity index is 2.36. The third-order valence-electron chi connectivity index (χ3n) is 2.38. The lowest BCUT2D eigenvalue weighted by atomic mass is 10.1. The van der Waals surface area contributed by atoms with Gasteiger partial charge in [0, 0.05) is 18.1 Å². The van der Waals surface area contributed by atoms with E-state index in [1.54, 1.807) is 18.5 Å². The number of rotatable bonds is 3. The van der Waals surface area contributed by atoms with Crippen LogP contribution in [-0.4, -0.2) is 9.97 Å². The van der Waals surface area contributed by atoms with E-state index in [0.29, 0.717) is 5.69 Å². The monoisotopic (exact) mass is 225 g/mol. The maximum absolute atomic E-state index is 5.73. The van der Waals surface area contributed by atoms with Gasteiger partial charge in [-0.3, -0.25) is 9.97 Å². The minimum absolute atomic E-state index is 0.696. The second-order valence-corrected chi connectivity index (χ2v) is 4.16. The fourth-order valence-corrected chi connectivity index (χ4v) is 1.66. The molecule has 2 aromatic heterocycles. The summed E-state index contributed by atoms with van der Waals surface area (Å²) in [5.41, 5.74) is 10.4. The lowest BCUT2D eigenvalue weighted by Gasteiger charge is -2.04. The van der Waals surface area contributed by atoms with Crippen LogP contribution in [0.5, 0.6) is 0 Å². The molecule has 2 heterocycles. The first-order valence-corrected chi connectivity index (χ1v) is 5.46. The Labute approximate surface area is 101 Å². The molecule has 0 bridgehead atoms. The summed E-state index contributed by atoms with van der Waals surface area (Å²) in [5.74, 6) is 0. The molecule has 0 radical (unpaired) electrons. The summed E-state index contributed by atoms with van der Waals surface area (Å²) in [6.45, 7) is 5.92. The summed E-state index contributed by atoms with van der Waals surface area (Å²) in [6, 6.07) is 7.61. The van der Waals surface area contributed by atoms with Crippen LogP contribution in [0.2, 0.25) is 0 Å². The molecular weight excluding hydrogens is 210 g/mol. The Morgan fingerprint density at radius 3 is 2.47 bits per heavy atom. The van der Waals surface area contributed by atoms with Gasteiger partial charge in [0.15, 0.2) is 0 Å². The van der Waals surface area contributed by atoms with E-state index in [9.17, 15) is 0 Å². The summed E-state index contributed by atoms with van der Waals surface area (Å²) in [6.07, 6.45) is 4.34.